The Bertz CT molecular complexity index is 1200. The minimum atomic E-state index is 0. The number of aryl methyl sites for hydroxylation is 1. The van der Waals surface area contributed by atoms with Crippen molar-refractivity contribution in [3.63, 3.8) is 0 Å². The van der Waals surface area contributed by atoms with Gasteiger partial charge in [0.2, 0.25) is 11.0 Å². The van der Waals surface area contributed by atoms with E-state index in [9.17, 15) is 0 Å². The summed E-state index contributed by atoms with van der Waals surface area (Å²) in [6, 6.07) is 36.8. The van der Waals surface area contributed by atoms with Crippen LogP contribution in [0.3, 0.4) is 0 Å². The van der Waals surface area contributed by atoms with Crippen molar-refractivity contribution in [2.75, 3.05) is 0 Å². The maximum Gasteiger partial charge on any atom is 0.213 e. The predicted molar refractivity (Wildman–Crippen MR) is 114 cm³/mol. The molecule has 0 spiro atoms. The molecule has 0 saturated heterocycles. The zero-order chi connectivity index (χ0) is 18.2. The average molecular weight is 473 g/mol. The number of pyridine rings is 1. The molecule has 0 aliphatic carbocycles. The minimum Gasteiger partial charge on any atom is -1.00 e. The summed E-state index contributed by atoms with van der Waals surface area (Å²) in [6.07, 6.45) is 0. The molecule has 1 aromatic heterocycles. The molecular formula is C26H20IN. The topological polar surface area (TPSA) is 3.88 Å². The van der Waals surface area contributed by atoms with Crippen LogP contribution in [0.25, 0.3) is 44.1 Å². The van der Waals surface area contributed by atoms with Crippen molar-refractivity contribution in [3.05, 3.63) is 103 Å². The molecule has 0 atom stereocenters. The van der Waals surface area contributed by atoms with E-state index in [4.69, 9.17) is 0 Å². The van der Waals surface area contributed by atoms with Crippen LogP contribution in [0.5, 0.6) is 0 Å². The molecule has 0 saturated carbocycles. The van der Waals surface area contributed by atoms with E-state index in [1.165, 1.54) is 44.1 Å². The van der Waals surface area contributed by atoms with Crippen LogP contribution in [0.2, 0.25) is 0 Å². The zero-order valence-electron chi connectivity index (χ0n) is 15.6. The average Bonchev–Trinajstić information content (AvgIpc) is 2.75. The molecule has 0 bridgehead atoms. The smallest absolute Gasteiger partial charge is 0.213 e. The van der Waals surface area contributed by atoms with Gasteiger partial charge in [0.1, 0.15) is 7.05 Å². The third kappa shape index (κ3) is 3.08. The summed E-state index contributed by atoms with van der Waals surface area (Å²) in [5.41, 5.74) is 7.55. The highest BCUT2D eigenvalue weighted by Crippen LogP contribution is 2.34. The van der Waals surface area contributed by atoms with E-state index in [1.807, 2.05) is 0 Å². The molecule has 5 rings (SSSR count). The summed E-state index contributed by atoms with van der Waals surface area (Å²) in [6.45, 7) is 0. The Hall–Kier alpha value is -2.72. The number of hydrogen-bond acceptors (Lipinski definition) is 0. The van der Waals surface area contributed by atoms with Gasteiger partial charge >= 0.3 is 0 Å². The SMILES string of the molecule is C[n+]1c2ccccc2c(-c2ccc(-c3ccccc3)cc2)c2ccccc21.[I-]. The summed E-state index contributed by atoms with van der Waals surface area (Å²) in [5, 5.41) is 2.57. The summed E-state index contributed by atoms with van der Waals surface area (Å²) < 4.78 is 2.28. The highest BCUT2D eigenvalue weighted by molar-refractivity contribution is 6.07. The van der Waals surface area contributed by atoms with Crippen LogP contribution < -0.4 is 28.5 Å². The van der Waals surface area contributed by atoms with E-state index in [-0.39, 0.29) is 24.0 Å². The van der Waals surface area contributed by atoms with Crippen molar-refractivity contribution < 1.29 is 28.5 Å². The van der Waals surface area contributed by atoms with Crippen molar-refractivity contribution in [2.24, 2.45) is 7.05 Å². The Labute approximate surface area is 182 Å². The molecular weight excluding hydrogens is 453 g/mol. The molecule has 0 amide bonds. The number of halogens is 1. The lowest BCUT2D eigenvalue weighted by Crippen LogP contribution is -3.00. The van der Waals surface area contributed by atoms with Crippen LogP contribution in [0.15, 0.2) is 103 Å². The fraction of sp³-hybridized carbons (Fsp3) is 0.0385. The van der Waals surface area contributed by atoms with E-state index in [0.717, 1.165) is 0 Å². The molecule has 4 aromatic carbocycles. The number of benzene rings is 4. The second-order valence-electron chi connectivity index (χ2n) is 6.91. The number of fused-ring (bicyclic) bond motifs is 2. The van der Waals surface area contributed by atoms with Crippen molar-refractivity contribution in [3.8, 4) is 22.3 Å². The van der Waals surface area contributed by atoms with Crippen LogP contribution in [-0.4, -0.2) is 0 Å². The van der Waals surface area contributed by atoms with Gasteiger partial charge in [-0.05, 0) is 28.8 Å². The number of hydrogen-bond donors (Lipinski definition) is 0. The Morgan fingerprint density at radius 1 is 0.464 bits per heavy atom. The van der Waals surface area contributed by atoms with Crippen molar-refractivity contribution in [1.82, 2.24) is 0 Å². The largest absolute Gasteiger partial charge is 1.00 e. The lowest BCUT2D eigenvalue weighted by atomic mass is 9.94. The summed E-state index contributed by atoms with van der Waals surface area (Å²) in [4.78, 5) is 0. The molecule has 136 valence electrons. The number of nitrogens with zero attached hydrogens (tertiary/aromatic N) is 1. The molecule has 2 heteroatoms. The normalized spacial score (nSPS) is 10.8. The van der Waals surface area contributed by atoms with E-state index in [0.29, 0.717) is 0 Å². The quantitative estimate of drug-likeness (QED) is 0.211. The molecule has 0 fully saturated rings. The van der Waals surface area contributed by atoms with E-state index < -0.39 is 0 Å². The van der Waals surface area contributed by atoms with Crippen molar-refractivity contribution >= 4 is 21.8 Å². The van der Waals surface area contributed by atoms with Crippen LogP contribution >= 0.6 is 0 Å². The first-order valence-corrected chi connectivity index (χ1v) is 9.28. The first-order valence-electron chi connectivity index (χ1n) is 9.28. The molecule has 0 aliphatic rings. The van der Waals surface area contributed by atoms with Gasteiger partial charge in [-0.2, -0.15) is 4.57 Å². The van der Waals surface area contributed by atoms with E-state index >= 15 is 0 Å². The minimum absolute atomic E-state index is 0. The first-order chi connectivity index (χ1) is 13.3. The molecule has 0 unspecified atom stereocenters. The van der Waals surface area contributed by atoms with Crippen LogP contribution in [0, 0.1) is 0 Å². The van der Waals surface area contributed by atoms with E-state index in [1.54, 1.807) is 0 Å². The van der Waals surface area contributed by atoms with Crippen LogP contribution in [-0.2, 0) is 7.05 Å². The van der Waals surface area contributed by atoms with Crippen LogP contribution in [0.4, 0.5) is 0 Å². The van der Waals surface area contributed by atoms with Gasteiger partial charge < -0.3 is 24.0 Å². The van der Waals surface area contributed by atoms with Gasteiger partial charge in [0.25, 0.3) is 0 Å². The predicted octanol–water partition coefficient (Wildman–Crippen LogP) is 3.16. The highest BCUT2D eigenvalue weighted by atomic mass is 127. The lowest BCUT2D eigenvalue weighted by molar-refractivity contribution is -0.617. The maximum atomic E-state index is 2.28. The summed E-state index contributed by atoms with van der Waals surface area (Å²) in [7, 11) is 2.15. The Balaban J connectivity index is 0.00000192. The Kier molecular flexibility index (Phi) is 5.14. The third-order valence-corrected chi connectivity index (χ3v) is 5.35. The molecule has 1 heterocycles. The third-order valence-electron chi connectivity index (χ3n) is 5.35. The summed E-state index contributed by atoms with van der Waals surface area (Å²) in [5.74, 6) is 0. The first kappa shape index (κ1) is 18.6. The number of para-hydroxylation sites is 2. The van der Waals surface area contributed by atoms with Gasteiger partial charge in [-0.15, -0.1) is 0 Å². The fourth-order valence-electron chi connectivity index (χ4n) is 4.00. The second kappa shape index (κ2) is 7.72. The second-order valence-corrected chi connectivity index (χ2v) is 6.91. The van der Waals surface area contributed by atoms with Gasteiger partial charge in [-0.25, -0.2) is 0 Å². The van der Waals surface area contributed by atoms with Gasteiger partial charge in [-0.1, -0.05) is 78.9 Å². The van der Waals surface area contributed by atoms with Gasteiger partial charge in [-0.3, -0.25) is 0 Å². The standard InChI is InChI=1S/C26H20N.HI/c1-27-24-13-7-5-11-22(24)26(23-12-6-8-14-25(23)27)21-17-15-20(16-18-21)19-9-3-2-4-10-19;/h2-18H,1H3;1H/q+1;/p-1. The lowest BCUT2D eigenvalue weighted by Gasteiger charge is -2.11. The molecule has 1 nitrogen and oxygen atoms in total. The molecule has 0 aliphatic heterocycles. The van der Waals surface area contributed by atoms with Crippen LogP contribution in [0.1, 0.15) is 0 Å². The van der Waals surface area contributed by atoms with Gasteiger partial charge in [0.05, 0.1) is 10.8 Å². The maximum absolute atomic E-state index is 2.28. The highest BCUT2D eigenvalue weighted by Gasteiger charge is 2.18. The van der Waals surface area contributed by atoms with Gasteiger partial charge in [0, 0.05) is 17.7 Å². The molecule has 0 N–H and O–H groups in total. The number of rotatable bonds is 2. The van der Waals surface area contributed by atoms with Gasteiger partial charge in [0.15, 0.2) is 0 Å². The fourth-order valence-corrected chi connectivity index (χ4v) is 4.00. The van der Waals surface area contributed by atoms with Crippen molar-refractivity contribution in [1.29, 1.82) is 0 Å². The van der Waals surface area contributed by atoms with E-state index in [2.05, 4.69) is 115 Å². The summed E-state index contributed by atoms with van der Waals surface area (Å²) >= 11 is 0. The molecule has 28 heavy (non-hydrogen) atoms. The molecule has 0 radical (unpaired) electrons. The Morgan fingerprint density at radius 3 is 1.46 bits per heavy atom. The number of aromatic nitrogens is 1. The zero-order valence-corrected chi connectivity index (χ0v) is 17.8. The monoisotopic (exact) mass is 473 g/mol. The molecule has 5 aromatic rings. The van der Waals surface area contributed by atoms with Crippen molar-refractivity contribution in [2.45, 2.75) is 0 Å². The Morgan fingerprint density at radius 2 is 0.893 bits per heavy atom.